The molecule has 1 aromatic carbocycles. The Morgan fingerprint density at radius 1 is 1.48 bits per heavy atom. The van der Waals surface area contributed by atoms with Crippen LogP contribution in [0.2, 0.25) is 0 Å². The predicted molar refractivity (Wildman–Crippen MR) is 73.7 cm³/mol. The predicted octanol–water partition coefficient (Wildman–Crippen LogP) is 0.0392. The van der Waals surface area contributed by atoms with Crippen molar-refractivity contribution >= 4 is 23.6 Å². The fourth-order valence-corrected chi connectivity index (χ4v) is 2.00. The normalized spacial score (nSPS) is 13.8. The van der Waals surface area contributed by atoms with Crippen LogP contribution in [0, 0.1) is 0 Å². The number of nitrogens with one attached hydrogen (secondary N) is 2. The van der Waals surface area contributed by atoms with Crippen LogP contribution in [-0.4, -0.2) is 49.8 Å². The van der Waals surface area contributed by atoms with E-state index in [0.717, 1.165) is 0 Å². The molecular formula is C13H15N3O5. The number of amides is 3. The molecule has 3 N–H and O–H groups in total. The Hall–Kier alpha value is -2.77. The Morgan fingerprint density at radius 2 is 2.24 bits per heavy atom. The lowest BCUT2D eigenvalue weighted by Crippen LogP contribution is -2.30. The topological polar surface area (TPSA) is 108 Å². The van der Waals surface area contributed by atoms with Crippen molar-refractivity contribution in [3.8, 4) is 5.75 Å². The quantitative estimate of drug-likeness (QED) is 0.710. The van der Waals surface area contributed by atoms with Gasteiger partial charge < -0.3 is 20.5 Å². The molecule has 0 unspecified atom stereocenters. The molecule has 1 aromatic rings. The Bertz CT molecular complexity index is 587. The number of urea groups is 1. The van der Waals surface area contributed by atoms with Crippen molar-refractivity contribution < 1.29 is 24.2 Å². The molecule has 1 heterocycles. The van der Waals surface area contributed by atoms with Crippen molar-refractivity contribution in [3.05, 3.63) is 23.8 Å². The average Bonchev–Trinajstić information content (AvgIpc) is 2.90. The summed E-state index contributed by atoms with van der Waals surface area (Å²) in [5, 5.41) is 13.5. The first kappa shape index (κ1) is 14.6. The van der Waals surface area contributed by atoms with Crippen molar-refractivity contribution in [2.45, 2.75) is 0 Å². The second kappa shape index (κ2) is 6.12. The van der Waals surface area contributed by atoms with Crippen LogP contribution < -0.4 is 20.3 Å². The van der Waals surface area contributed by atoms with E-state index >= 15 is 0 Å². The molecule has 1 saturated heterocycles. The number of hydrogen-bond donors (Lipinski definition) is 3. The lowest BCUT2D eigenvalue weighted by atomic mass is 10.1. The zero-order valence-corrected chi connectivity index (χ0v) is 11.4. The van der Waals surface area contributed by atoms with Crippen LogP contribution in [-0.2, 0) is 4.79 Å². The number of carbonyl (C=O) groups excluding carboxylic acids is 2. The highest BCUT2D eigenvalue weighted by Crippen LogP contribution is 2.30. The number of methoxy groups -OCH3 is 1. The van der Waals surface area contributed by atoms with Gasteiger partial charge in [0.2, 0.25) is 0 Å². The standard InChI is InChI=1S/C13H15N3O5/c1-21-10-3-2-8(12(19)15-7-11(17)18)6-9(10)16-5-4-14-13(16)20/h2-3,6H,4-5,7H2,1H3,(H,14,20)(H,15,19)(H,17,18). The molecule has 0 saturated carbocycles. The van der Waals surface area contributed by atoms with Gasteiger partial charge in [0.1, 0.15) is 12.3 Å². The van der Waals surface area contributed by atoms with E-state index in [2.05, 4.69) is 10.6 Å². The third-order valence-corrected chi connectivity index (χ3v) is 2.99. The number of carboxylic acids is 1. The maximum Gasteiger partial charge on any atom is 0.322 e. The molecule has 112 valence electrons. The van der Waals surface area contributed by atoms with Gasteiger partial charge in [0.15, 0.2) is 0 Å². The molecule has 3 amide bonds. The lowest BCUT2D eigenvalue weighted by Gasteiger charge is -2.18. The number of aliphatic carboxylic acids is 1. The van der Waals surface area contributed by atoms with Crippen LogP contribution in [0.4, 0.5) is 10.5 Å². The number of carbonyl (C=O) groups is 3. The molecule has 0 bridgehead atoms. The van der Waals surface area contributed by atoms with Crippen LogP contribution in [0.25, 0.3) is 0 Å². The van der Waals surface area contributed by atoms with E-state index in [1.165, 1.54) is 24.1 Å². The third-order valence-electron chi connectivity index (χ3n) is 2.99. The fourth-order valence-electron chi connectivity index (χ4n) is 2.00. The van der Waals surface area contributed by atoms with E-state index in [1.54, 1.807) is 6.07 Å². The second-order valence-electron chi connectivity index (χ2n) is 4.35. The van der Waals surface area contributed by atoms with Gasteiger partial charge in [0.25, 0.3) is 5.91 Å². The third kappa shape index (κ3) is 3.22. The number of carboxylic acid groups (broad SMARTS) is 1. The Balaban J connectivity index is 2.27. The van der Waals surface area contributed by atoms with Gasteiger partial charge in [-0.1, -0.05) is 0 Å². The summed E-state index contributed by atoms with van der Waals surface area (Å²) in [6.45, 7) is 0.511. The monoisotopic (exact) mass is 293 g/mol. The first-order valence-electron chi connectivity index (χ1n) is 6.26. The summed E-state index contributed by atoms with van der Waals surface area (Å²) in [5.74, 6) is -1.20. The Labute approximate surface area is 120 Å². The van der Waals surface area contributed by atoms with E-state index in [4.69, 9.17) is 9.84 Å². The summed E-state index contributed by atoms with van der Waals surface area (Å²) in [6, 6.07) is 4.31. The highest BCUT2D eigenvalue weighted by atomic mass is 16.5. The molecule has 0 aromatic heterocycles. The molecule has 8 nitrogen and oxygen atoms in total. The van der Waals surface area contributed by atoms with Crippen LogP contribution >= 0.6 is 0 Å². The van der Waals surface area contributed by atoms with E-state index in [9.17, 15) is 14.4 Å². The molecule has 1 fully saturated rings. The summed E-state index contributed by atoms with van der Waals surface area (Å²) < 4.78 is 5.19. The maximum absolute atomic E-state index is 11.9. The molecule has 21 heavy (non-hydrogen) atoms. The second-order valence-corrected chi connectivity index (χ2v) is 4.35. The fraction of sp³-hybridized carbons (Fsp3) is 0.308. The molecule has 8 heteroatoms. The number of hydrogen-bond acceptors (Lipinski definition) is 4. The molecule has 1 aliphatic rings. The van der Waals surface area contributed by atoms with E-state index in [0.29, 0.717) is 24.5 Å². The molecule has 0 spiro atoms. The lowest BCUT2D eigenvalue weighted by molar-refractivity contribution is -0.135. The van der Waals surface area contributed by atoms with E-state index in [1.807, 2.05) is 0 Å². The summed E-state index contributed by atoms with van der Waals surface area (Å²) >= 11 is 0. The minimum Gasteiger partial charge on any atom is -0.495 e. The van der Waals surface area contributed by atoms with Crippen molar-refractivity contribution in [2.75, 3.05) is 31.6 Å². The van der Waals surface area contributed by atoms with Crippen LogP contribution in [0.1, 0.15) is 10.4 Å². The number of benzene rings is 1. The van der Waals surface area contributed by atoms with Gasteiger partial charge in [-0.3, -0.25) is 14.5 Å². The number of nitrogens with zero attached hydrogens (tertiary/aromatic N) is 1. The summed E-state index contributed by atoms with van der Waals surface area (Å²) in [4.78, 5) is 35.5. The van der Waals surface area contributed by atoms with Crippen LogP contribution in [0.3, 0.4) is 0 Å². The van der Waals surface area contributed by atoms with Gasteiger partial charge in [0, 0.05) is 18.7 Å². The van der Waals surface area contributed by atoms with Crippen molar-refractivity contribution in [3.63, 3.8) is 0 Å². The SMILES string of the molecule is COc1ccc(C(=O)NCC(=O)O)cc1N1CCNC1=O. The van der Waals surface area contributed by atoms with E-state index in [-0.39, 0.29) is 11.6 Å². The number of rotatable bonds is 5. The number of anilines is 1. The Morgan fingerprint density at radius 3 is 2.81 bits per heavy atom. The van der Waals surface area contributed by atoms with Crippen LogP contribution in [0.5, 0.6) is 5.75 Å². The molecule has 0 aliphatic carbocycles. The summed E-state index contributed by atoms with van der Waals surface area (Å²) in [7, 11) is 1.47. The van der Waals surface area contributed by atoms with Gasteiger partial charge in [-0.15, -0.1) is 0 Å². The largest absolute Gasteiger partial charge is 0.495 e. The Kier molecular flexibility index (Phi) is 4.27. The van der Waals surface area contributed by atoms with Gasteiger partial charge in [-0.25, -0.2) is 4.79 Å². The molecule has 0 atom stereocenters. The van der Waals surface area contributed by atoms with Gasteiger partial charge >= 0.3 is 12.0 Å². The number of ether oxygens (including phenoxy) is 1. The summed E-state index contributed by atoms with van der Waals surface area (Å²) in [6.07, 6.45) is 0. The molecule has 0 radical (unpaired) electrons. The summed E-state index contributed by atoms with van der Waals surface area (Å²) in [5.41, 5.74) is 0.724. The molecule has 1 aliphatic heterocycles. The maximum atomic E-state index is 11.9. The van der Waals surface area contributed by atoms with Crippen molar-refractivity contribution in [2.24, 2.45) is 0 Å². The van der Waals surface area contributed by atoms with Crippen LogP contribution in [0.15, 0.2) is 18.2 Å². The zero-order chi connectivity index (χ0) is 15.4. The molecular weight excluding hydrogens is 278 g/mol. The van der Waals surface area contributed by atoms with Gasteiger partial charge in [-0.2, -0.15) is 0 Å². The van der Waals surface area contributed by atoms with Gasteiger partial charge in [0.05, 0.1) is 12.8 Å². The minimum absolute atomic E-state index is 0.256. The van der Waals surface area contributed by atoms with E-state index < -0.39 is 18.4 Å². The first-order chi connectivity index (χ1) is 10.0. The zero-order valence-electron chi connectivity index (χ0n) is 11.4. The first-order valence-corrected chi connectivity index (χ1v) is 6.26. The average molecular weight is 293 g/mol. The minimum atomic E-state index is -1.13. The smallest absolute Gasteiger partial charge is 0.322 e. The van der Waals surface area contributed by atoms with Crippen molar-refractivity contribution in [1.29, 1.82) is 0 Å². The highest BCUT2D eigenvalue weighted by Gasteiger charge is 2.25. The van der Waals surface area contributed by atoms with Gasteiger partial charge in [-0.05, 0) is 18.2 Å². The molecule has 2 rings (SSSR count). The highest BCUT2D eigenvalue weighted by molar-refractivity contribution is 6.00. The van der Waals surface area contributed by atoms with Crippen molar-refractivity contribution in [1.82, 2.24) is 10.6 Å².